The second-order valence-electron chi connectivity index (χ2n) is 7.15. The van der Waals surface area contributed by atoms with Crippen molar-refractivity contribution in [3.63, 3.8) is 0 Å². The first kappa shape index (κ1) is 27.5. The molecule has 0 aromatic heterocycles. The number of hydrogen-bond donors (Lipinski definition) is 2. The number of nitrogens with zero attached hydrogens (tertiary/aromatic N) is 1. The van der Waals surface area contributed by atoms with Gasteiger partial charge in [-0.1, -0.05) is 41.4 Å². The summed E-state index contributed by atoms with van der Waals surface area (Å²) in [5.74, 6) is 1.38. The van der Waals surface area contributed by atoms with E-state index in [1.165, 1.54) is 12.1 Å². The molecule has 0 atom stereocenters. The summed E-state index contributed by atoms with van der Waals surface area (Å²) in [6, 6.07) is 17.8. The van der Waals surface area contributed by atoms with Gasteiger partial charge in [0.1, 0.15) is 6.61 Å². The van der Waals surface area contributed by atoms with Gasteiger partial charge in [-0.05, 0) is 48.4 Å². The van der Waals surface area contributed by atoms with Crippen LogP contribution in [0.5, 0.6) is 11.5 Å². The summed E-state index contributed by atoms with van der Waals surface area (Å²) in [7, 11) is 0. The van der Waals surface area contributed by atoms with Crippen LogP contribution in [0.2, 0.25) is 10.0 Å². The number of non-ortho nitro benzene ring substituents is 1. The first-order valence-corrected chi connectivity index (χ1v) is 11.2. The van der Waals surface area contributed by atoms with Crippen LogP contribution in [0.15, 0.2) is 60.7 Å². The van der Waals surface area contributed by atoms with Crippen molar-refractivity contribution in [2.24, 2.45) is 0 Å². The minimum atomic E-state index is -0.471. The van der Waals surface area contributed by atoms with Gasteiger partial charge in [-0.3, -0.25) is 10.1 Å². The number of anilines is 1. The molecular formula is C24H26Cl3N3O4. The van der Waals surface area contributed by atoms with E-state index >= 15 is 0 Å². The molecule has 0 aliphatic carbocycles. The topological polar surface area (TPSA) is 85.7 Å². The number of ether oxygens (including phenoxy) is 2. The van der Waals surface area contributed by atoms with E-state index in [0.717, 1.165) is 11.1 Å². The monoisotopic (exact) mass is 525 g/mol. The Labute approximate surface area is 214 Å². The van der Waals surface area contributed by atoms with Crippen LogP contribution in [0.3, 0.4) is 0 Å². The van der Waals surface area contributed by atoms with Crippen molar-refractivity contribution in [3.05, 3.63) is 92.0 Å². The van der Waals surface area contributed by atoms with Gasteiger partial charge in [0, 0.05) is 36.8 Å². The van der Waals surface area contributed by atoms with Crippen LogP contribution in [0.1, 0.15) is 18.1 Å². The van der Waals surface area contributed by atoms with E-state index in [1.807, 2.05) is 49.4 Å². The highest BCUT2D eigenvalue weighted by Crippen LogP contribution is 2.30. The lowest BCUT2D eigenvalue weighted by molar-refractivity contribution is -0.384. The Kier molecular flexibility index (Phi) is 11.2. The molecule has 0 unspecified atom stereocenters. The summed E-state index contributed by atoms with van der Waals surface area (Å²) in [4.78, 5) is 10.3. The molecule has 3 aromatic carbocycles. The highest BCUT2D eigenvalue weighted by atomic mass is 35.5. The van der Waals surface area contributed by atoms with Crippen molar-refractivity contribution in [1.29, 1.82) is 0 Å². The van der Waals surface area contributed by atoms with Crippen LogP contribution in [-0.2, 0) is 13.2 Å². The third kappa shape index (κ3) is 8.25. The first-order chi connectivity index (χ1) is 16.0. The minimum absolute atomic E-state index is 0. The van der Waals surface area contributed by atoms with Gasteiger partial charge in [0.05, 0.1) is 22.2 Å². The number of benzene rings is 3. The number of nitro benzene ring substituents is 1. The quantitative estimate of drug-likeness (QED) is 0.159. The average Bonchev–Trinajstić information content (AvgIpc) is 2.80. The summed E-state index contributed by atoms with van der Waals surface area (Å²) in [5, 5.41) is 18.3. The summed E-state index contributed by atoms with van der Waals surface area (Å²) < 4.78 is 11.7. The average molecular weight is 527 g/mol. The van der Waals surface area contributed by atoms with Gasteiger partial charge in [-0.2, -0.15) is 0 Å². The normalized spacial score (nSPS) is 10.3. The third-order valence-corrected chi connectivity index (χ3v) is 5.29. The molecule has 3 rings (SSSR count). The van der Waals surface area contributed by atoms with E-state index in [-0.39, 0.29) is 18.1 Å². The van der Waals surface area contributed by atoms with Gasteiger partial charge in [0.2, 0.25) is 0 Å². The Hall–Kier alpha value is -2.71. The van der Waals surface area contributed by atoms with Gasteiger partial charge < -0.3 is 20.1 Å². The molecular weight excluding hydrogens is 501 g/mol. The predicted molar refractivity (Wildman–Crippen MR) is 139 cm³/mol. The van der Waals surface area contributed by atoms with Gasteiger partial charge in [-0.25, -0.2) is 0 Å². The van der Waals surface area contributed by atoms with Crippen molar-refractivity contribution in [1.82, 2.24) is 5.32 Å². The number of hydrogen-bond acceptors (Lipinski definition) is 6. The molecule has 0 radical (unpaired) electrons. The molecule has 0 saturated carbocycles. The molecule has 0 bridgehead atoms. The Bertz CT molecular complexity index is 1080. The second-order valence-corrected chi connectivity index (χ2v) is 8.00. The maximum atomic E-state index is 10.8. The SMILES string of the molecule is CCOc1cc(CNCCNc2ccc([N+](=O)[O-])cc2Cl)ccc1OCc1ccc(Cl)cc1.Cl. The zero-order valence-electron chi connectivity index (χ0n) is 18.6. The molecule has 34 heavy (non-hydrogen) atoms. The molecule has 0 aliphatic rings. The van der Waals surface area contributed by atoms with Crippen LogP contribution in [0.4, 0.5) is 11.4 Å². The van der Waals surface area contributed by atoms with Crippen LogP contribution >= 0.6 is 35.6 Å². The highest BCUT2D eigenvalue weighted by Gasteiger charge is 2.10. The lowest BCUT2D eigenvalue weighted by Gasteiger charge is -2.14. The molecule has 0 heterocycles. The summed E-state index contributed by atoms with van der Waals surface area (Å²) >= 11 is 12.0. The minimum Gasteiger partial charge on any atom is -0.490 e. The van der Waals surface area contributed by atoms with Crippen LogP contribution in [0, 0.1) is 10.1 Å². The Morgan fingerprint density at radius 2 is 1.65 bits per heavy atom. The number of nitrogens with one attached hydrogen (secondary N) is 2. The molecule has 0 amide bonds. The molecule has 0 saturated heterocycles. The lowest BCUT2D eigenvalue weighted by Crippen LogP contribution is -2.22. The van der Waals surface area contributed by atoms with Crippen LogP contribution < -0.4 is 20.1 Å². The van der Waals surface area contributed by atoms with E-state index in [4.69, 9.17) is 32.7 Å². The third-order valence-electron chi connectivity index (χ3n) is 4.73. The van der Waals surface area contributed by atoms with Crippen LogP contribution in [0.25, 0.3) is 0 Å². The van der Waals surface area contributed by atoms with Crippen molar-refractivity contribution < 1.29 is 14.4 Å². The zero-order valence-corrected chi connectivity index (χ0v) is 20.9. The molecule has 182 valence electrons. The van der Waals surface area contributed by atoms with Gasteiger partial charge >= 0.3 is 0 Å². The molecule has 7 nitrogen and oxygen atoms in total. The molecule has 0 aliphatic heterocycles. The van der Waals surface area contributed by atoms with E-state index < -0.39 is 4.92 Å². The predicted octanol–water partition coefficient (Wildman–Crippen LogP) is 6.50. The van der Waals surface area contributed by atoms with E-state index in [0.29, 0.717) is 60.1 Å². The zero-order chi connectivity index (χ0) is 23.6. The van der Waals surface area contributed by atoms with Gasteiger partial charge in [-0.15, -0.1) is 12.4 Å². The molecule has 10 heteroatoms. The second kappa shape index (κ2) is 13.9. The van der Waals surface area contributed by atoms with Crippen molar-refractivity contribution in [2.75, 3.05) is 25.0 Å². The smallest absolute Gasteiger partial charge is 0.271 e. The van der Waals surface area contributed by atoms with Gasteiger partial charge in [0.25, 0.3) is 5.69 Å². The van der Waals surface area contributed by atoms with Crippen LogP contribution in [-0.4, -0.2) is 24.6 Å². The van der Waals surface area contributed by atoms with E-state index in [9.17, 15) is 10.1 Å². The van der Waals surface area contributed by atoms with E-state index in [2.05, 4.69) is 10.6 Å². The standard InChI is InChI=1S/C24H25Cl2N3O4.ClH/c1-2-32-24-13-18(5-10-23(24)33-16-17-3-6-19(25)7-4-17)15-27-11-12-28-22-9-8-20(29(30)31)14-21(22)26;/h3-10,13-14,27-28H,2,11-12,15-16H2,1H3;1H. The molecule has 0 spiro atoms. The fourth-order valence-electron chi connectivity index (χ4n) is 3.07. The molecule has 0 fully saturated rings. The number of halogens is 3. The highest BCUT2D eigenvalue weighted by molar-refractivity contribution is 6.33. The largest absolute Gasteiger partial charge is 0.490 e. The molecule has 3 aromatic rings. The Balaban J connectivity index is 0.00000408. The van der Waals surface area contributed by atoms with Gasteiger partial charge in [0.15, 0.2) is 11.5 Å². The number of nitro groups is 1. The first-order valence-electron chi connectivity index (χ1n) is 10.5. The fraction of sp³-hybridized carbons (Fsp3) is 0.250. The lowest BCUT2D eigenvalue weighted by atomic mass is 10.2. The Morgan fingerprint density at radius 1 is 0.912 bits per heavy atom. The summed E-state index contributed by atoms with van der Waals surface area (Å²) in [5.41, 5.74) is 2.71. The molecule has 2 N–H and O–H groups in total. The van der Waals surface area contributed by atoms with Crippen molar-refractivity contribution in [3.8, 4) is 11.5 Å². The summed E-state index contributed by atoms with van der Waals surface area (Å²) in [6.45, 7) is 4.82. The van der Waals surface area contributed by atoms with Crippen molar-refractivity contribution in [2.45, 2.75) is 20.1 Å². The Morgan fingerprint density at radius 3 is 2.32 bits per heavy atom. The summed E-state index contributed by atoms with van der Waals surface area (Å²) in [6.07, 6.45) is 0. The maximum absolute atomic E-state index is 10.8. The number of rotatable bonds is 12. The van der Waals surface area contributed by atoms with E-state index in [1.54, 1.807) is 6.07 Å². The fourth-order valence-corrected chi connectivity index (χ4v) is 3.44. The van der Waals surface area contributed by atoms with Crippen molar-refractivity contribution >= 4 is 47.0 Å². The maximum Gasteiger partial charge on any atom is 0.271 e.